The number of aryl methyl sites for hydroxylation is 1. The Morgan fingerprint density at radius 1 is 1.00 bits per heavy atom. The second-order valence-electron chi connectivity index (χ2n) is 8.81. The van der Waals surface area contributed by atoms with Crippen LogP contribution in [0.4, 0.5) is 0 Å². The summed E-state index contributed by atoms with van der Waals surface area (Å²) >= 11 is 6.17. The van der Waals surface area contributed by atoms with Crippen LogP contribution in [0.5, 0.6) is 5.75 Å². The van der Waals surface area contributed by atoms with Gasteiger partial charge in [0.25, 0.3) is 0 Å². The first-order valence-electron chi connectivity index (χ1n) is 11.7. The molecule has 4 rings (SSSR count). The molecule has 0 aliphatic heterocycles. The maximum absolute atomic E-state index is 11.3. The molecule has 0 unspecified atom stereocenters. The number of carboxylic acids is 1. The molecule has 0 amide bonds. The Morgan fingerprint density at radius 2 is 1.62 bits per heavy atom. The number of benzene rings is 3. The minimum Gasteiger partial charge on any atom is -0.508 e. The standard InChI is InChI=1S/C31H27ClN2O3/c1-4-22(31(36)37)6-5-20(2)18-34-19-29(28-16-13-26(32)17-21(28)3)33-30(34)25-9-7-23(8-10-25)24-11-14-27(35)15-12-24/h4-17,19,35H,1,18H2,2-3H3,(H,36,37)/b20-5+,22-6+. The second-order valence-corrected chi connectivity index (χ2v) is 9.24. The van der Waals surface area contributed by atoms with Crippen molar-refractivity contribution in [1.29, 1.82) is 0 Å². The van der Waals surface area contributed by atoms with Crippen molar-refractivity contribution in [1.82, 2.24) is 9.55 Å². The average molecular weight is 511 g/mol. The summed E-state index contributed by atoms with van der Waals surface area (Å²) in [5.41, 5.74) is 6.92. The molecular weight excluding hydrogens is 484 g/mol. The smallest absolute Gasteiger partial charge is 0.335 e. The molecule has 6 heteroatoms. The molecule has 37 heavy (non-hydrogen) atoms. The molecule has 0 aliphatic rings. The molecule has 0 saturated heterocycles. The van der Waals surface area contributed by atoms with Gasteiger partial charge in [0.15, 0.2) is 0 Å². The molecule has 186 valence electrons. The topological polar surface area (TPSA) is 75.3 Å². The van der Waals surface area contributed by atoms with Gasteiger partial charge in [-0.3, -0.25) is 0 Å². The third kappa shape index (κ3) is 6.08. The maximum atomic E-state index is 11.3. The van der Waals surface area contributed by atoms with E-state index >= 15 is 0 Å². The molecule has 0 aliphatic carbocycles. The fraction of sp³-hybridized carbons (Fsp3) is 0.0968. The van der Waals surface area contributed by atoms with Gasteiger partial charge in [-0.25, -0.2) is 9.78 Å². The number of aliphatic carboxylic acids is 1. The number of rotatable bonds is 8. The van der Waals surface area contributed by atoms with Gasteiger partial charge in [-0.2, -0.15) is 0 Å². The van der Waals surface area contributed by atoms with Crippen molar-refractivity contribution in [3.8, 4) is 39.5 Å². The van der Waals surface area contributed by atoms with E-state index in [1.807, 2.05) is 74.6 Å². The minimum absolute atomic E-state index is 0.132. The molecular formula is C31H27ClN2O3. The zero-order chi connectivity index (χ0) is 26.5. The highest BCUT2D eigenvalue weighted by Crippen LogP contribution is 2.31. The summed E-state index contributed by atoms with van der Waals surface area (Å²) in [4.78, 5) is 16.3. The van der Waals surface area contributed by atoms with Crippen molar-refractivity contribution >= 4 is 17.6 Å². The Morgan fingerprint density at radius 3 is 2.22 bits per heavy atom. The van der Waals surface area contributed by atoms with Crippen LogP contribution in [0.25, 0.3) is 33.8 Å². The van der Waals surface area contributed by atoms with Crippen molar-refractivity contribution in [2.45, 2.75) is 20.4 Å². The summed E-state index contributed by atoms with van der Waals surface area (Å²) in [6.45, 7) is 8.04. The predicted molar refractivity (Wildman–Crippen MR) is 150 cm³/mol. The van der Waals surface area contributed by atoms with Gasteiger partial charge in [0.05, 0.1) is 11.3 Å². The van der Waals surface area contributed by atoms with Crippen LogP contribution in [0.2, 0.25) is 5.02 Å². The first-order chi connectivity index (χ1) is 17.7. The molecule has 0 saturated carbocycles. The Balaban J connectivity index is 1.74. The van der Waals surface area contributed by atoms with Crippen LogP contribution >= 0.6 is 11.6 Å². The third-order valence-electron chi connectivity index (χ3n) is 6.02. The number of imidazole rings is 1. The minimum atomic E-state index is -1.02. The summed E-state index contributed by atoms with van der Waals surface area (Å²) < 4.78 is 2.06. The fourth-order valence-electron chi connectivity index (χ4n) is 4.06. The van der Waals surface area contributed by atoms with Gasteiger partial charge in [0.1, 0.15) is 11.6 Å². The van der Waals surface area contributed by atoms with E-state index < -0.39 is 5.97 Å². The van der Waals surface area contributed by atoms with E-state index in [0.29, 0.717) is 11.6 Å². The van der Waals surface area contributed by atoms with Crippen LogP contribution in [-0.2, 0) is 11.3 Å². The first-order valence-corrected chi connectivity index (χ1v) is 12.1. The van der Waals surface area contributed by atoms with E-state index in [9.17, 15) is 15.0 Å². The Hall–Kier alpha value is -4.35. The van der Waals surface area contributed by atoms with Crippen molar-refractivity contribution in [2.24, 2.45) is 0 Å². The quantitative estimate of drug-likeness (QED) is 0.188. The summed E-state index contributed by atoms with van der Waals surface area (Å²) in [6.07, 6.45) is 6.67. The lowest BCUT2D eigenvalue weighted by molar-refractivity contribution is -0.132. The summed E-state index contributed by atoms with van der Waals surface area (Å²) in [5.74, 6) is 0.00589. The third-order valence-corrected chi connectivity index (χ3v) is 6.25. The van der Waals surface area contributed by atoms with Crippen molar-refractivity contribution in [2.75, 3.05) is 0 Å². The number of carboxylic acid groups (broad SMARTS) is 1. The molecule has 5 nitrogen and oxygen atoms in total. The average Bonchev–Trinajstić information content (AvgIpc) is 3.28. The zero-order valence-corrected chi connectivity index (χ0v) is 21.4. The highest BCUT2D eigenvalue weighted by molar-refractivity contribution is 6.30. The molecule has 0 fully saturated rings. The van der Waals surface area contributed by atoms with E-state index in [4.69, 9.17) is 16.6 Å². The van der Waals surface area contributed by atoms with E-state index in [1.54, 1.807) is 24.3 Å². The van der Waals surface area contributed by atoms with Crippen LogP contribution < -0.4 is 0 Å². The molecule has 0 atom stereocenters. The van der Waals surface area contributed by atoms with Gasteiger partial charge in [0.2, 0.25) is 0 Å². The number of aromatic hydroxyl groups is 1. The van der Waals surface area contributed by atoms with Gasteiger partial charge in [-0.05, 0) is 60.9 Å². The van der Waals surface area contributed by atoms with Gasteiger partial charge in [0, 0.05) is 28.9 Å². The highest BCUT2D eigenvalue weighted by atomic mass is 35.5. The predicted octanol–water partition coefficient (Wildman–Crippen LogP) is 7.69. The number of phenolic OH excluding ortho intramolecular Hbond substituents is 1. The van der Waals surface area contributed by atoms with Crippen LogP contribution in [-0.4, -0.2) is 25.7 Å². The van der Waals surface area contributed by atoms with Gasteiger partial charge >= 0.3 is 5.97 Å². The molecule has 3 aromatic carbocycles. The van der Waals surface area contributed by atoms with Gasteiger partial charge in [-0.15, -0.1) is 0 Å². The number of hydrogen-bond acceptors (Lipinski definition) is 3. The Bertz CT molecular complexity index is 1510. The van der Waals surface area contributed by atoms with Crippen LogP contribution in [0.3, 0.4) is 0 Å². The largest absolute Gasteiger partial charge is 0.508 e. The molecule has 2 N–H and O–H groups in total. The number of allylic oxidation sites excluding steroid dienone is 3. The maximum Gasteiger partial charge on any atom is 0.335 e. The number of phenols is 1. The first kappa shape index (κ1) is 25.7. The lowest BCUT2D eigenvalue weighted by Gasteiger charge is -2.09. The molecule has 1 aromatic heterocycles. The highest BCUT2D eigenvalue weighted by Gasteiger charge is 2.14. The van der Waals surface area contributed by atoms with Crippen molar-refractivity contribution in [3.63, 3.8) is 0 Å². The van der Waals surface area contributed by atoms with Crippen LogP contribution in [0.1, 0.15) is 12.5 Å². The lowest BCUT2D eigenvalue weighted by atomic mass is 10.0. The van der Waals surface area contributed by atoms with E-state index in [0.717, 1.165) is 44.9 Å². The molecule has 1 heterocycles. The normalized spacial score (nSPS) is 12.0. The lowest BCUT2D eigenvalue weighted by Crippen LogP contribution is -2.01. The van der Waals surface area contributed by atoms with Crippen LogP contribution in [0, 0.1) is 6.92 Å². The fourth-order valence-corrected chi connectivity index (χ4v) is 4.28. The van der Waals surface area contributed by atoms with E-state index in [1.165, 1.54) is 6.08 Å². The van der Waals surface area contributed by atoms with Crippen molar-refractivity contribution in [3.05, 3.63) is 119 Å². The number of nitrogens with zero attached hydrogens (tertiary/aromatic N) is 2. The van der Waals surface area contributed by atoms with E-state index in [-0.39, 0.29) is 11.3 Å². The Kier molecular flexibility index (Phi) is 7.75. The molecule has 0 spiro atoms. The zero-order valence-electron chi connectivity index (χ0n) is 20.6. The summed E-state index contributed by atoms with van der Waals surface area (Å²) in [7, 11) is 0. The number of halogens is 1. The second kappa shape index (κ2) is 11.1. The number of hydrogen-bond donors (Lipinski definition) is 2. The number of carbonyl (C=O) groups is 1. The van der Waals surface area contributed by atoms with E-state index in [2.05, 4.69) is 11.1 Å². The SMILES string of the molecule is C=C/C(=C\C=C(/C)Cn1cc(-c2ccc(Cl)cc2C)nc1-c1ccc(-c2ccc(O)cc2)cc1)C(=O)O. The number of aromatic nitrogens is 2. The summed E-state index contributed by atoms with van der Waals surface area (Å²) in [5, 5.41) is 19.5. The summed E-state index contributed by atoms with van der Waals surface area (Å²) in [6, 6.07) is 20.9. The molecule has 4 aromatic rings. The van der Waals surface area contributed by atoms with Crippen LogP contribution in [0.15, 0.2) is 109 Å². The Labute approximate surface area is 221 Å². The molecule has 0 bridgehead atoms. The monoisotopic (exact) mass is 510 g/mol. The van der Waals surface area contributed by atoms with Gasteiger partial charge in [-0.1, -0.05) is 78.4 Å². The van der Waals surface area contributed by atoms with Gasteiger partial charge < -0.3 is 14.8 Å². The molecule has 0 radical (unpaired) electrons. The van der Waals surface area contributed by atoms with Crippen molar-refractivity contribution < 1.29 is 15.0 Å².